The lowest BCUT2D eigenvalue weighted by Crippen LogP contribution is -2.37. The van der Waals surface area contributed by atoms with Gasteiger partial charge in [0, 0.05) is 13.1 Å². The van der Waals surface area contributed by atoms with Crippen LogP contribution in [-0.4, -0.2) is 52.0 Å². The summed E-state index contributed by atoms with van der Waals surface area (Å²) in [6.45, 7) is 2.89. The number of thioether (sulfide) groups is 1. The number of morpholine rings is 1. The highest BCUT2D eigenvalue weighted by Crippen LogP contribution is 2.30. The fourth-order valence-electron chi connectivity index (χ4n) is 3.08. The summed E-state index contributed by atoms with van der Waals surface area (Å²) in [7, 11) is 0. The van der Waals surface area contributed by atoms with Crippen molar-refractivity contribution in [2.75, 3.05) is 37.0 Å². The molecule has 4 rings (SSSR count). The van der Waals surface area contributed by atoms with Gasteiger partial charge in [0.2, 0.25) is 5.28 Å². The van der Waals surface area contributed by atoms with Crippen LogP contribution in [0.4, 0.5) is 5.82 Å². The topological polar surface area (TPSA) is 64.0 Å². The Balaban J connectivity index is 1.52. The SMILES string of the molecule is Clc1nc(N2CCOCC2)c2ncnc(SCCCc3ccccc3)c2n1. The van der Waals surface area contributed by atoms with Crippen molar-refractivity contribution in [3.8, 4) is 0 Å². The predicted octanol–water partition coefficient (Wildman–Crippen LogP) is 3.63. The molecule has 6 nitrogen and oxygen atoms in total. The standard InChI is InChI=1S/C19H20ClN5OS/c20-19-23-16-15(17(24-19)25-8-10-26-11-9-25)21-13-22-18(16)27-12-4-7-14-5-2-1-3-6-14/h1-3,5-6,13H,4,7-12H2. The zero-order chi connectivity index (χ0) is 18.5. The molecule has 140 valence electrons. The first-order valence-corrected chi connectivity index (χ1v) is 10.4. The molecule has 0 unspecified atom stereocenters. The van der Waals surface area contributed by atoms with Gasteiger partial charge in [-0.3, -0.25) is 0 Å². The summed E-state index contributed by atoms with van der Waals surface area (Å²) in [4.78, 5) is 19.9. The Hall–Kier alpha value is -1.96. The summed E-state index contributed by atoms with van der Waals surface area (Å²) in [6, 6.07) is 10.5. The minimum atomic E-state index is 0.227. The van der Waals surface area contributed by atoms with E-state index in [1.165, 1.54) is 5.56 Å². The quantitative estimate of drug-likeness (QED) is 0.270. The van der Waals surface area contributed by atoms with Crippen molar-refractivity contribution in [2.45, 2.75) is 17.9 Å². The molecule has 3 heterocycles. The lowest BCUT2D eigenvalue weighted by molar-refractivity contribution is 0.122. The van der Waals surface area contributed by atoms with Crippen LogP contribution < -0.4 is 4.90 Å². The molecule has 1 aromatic carbocycles. The van der Waals surface area contributed by atoms with E-state index in [9.17, 15) is 0 Å². The number of anilines is 1. The molecule has 0 spiro atoms. The van der Waals surface area contributed by atoms with Crippen LogP contribution in [0.25, 0.3) is 11.0 Å². The smallest absolute Gasteiger partial charge is 0.225 e. The van der Waals surface area contributed by atoms with Crippen molar-refractivity contribution < 1.29 is 4.74 Å². The van der Waals surface area contributed by atoms with Crippen molar-refractivity contribution in [1.29, 1.82) is 0 Å². The number of hydrogen-bond donors (Lipinski definition) is 0. The second kappa shape index (κ2) is 8.82. The first-order chi connectivity index (χ1) is 13.3. The van der Waals surface area contributed by atoms with Crippen LogP contribution in [0, 0.1) is 0 Å². The van der Waals surface area contributed by atoms with Gasteiger partial charge in [-0.1, -0.05) is 30.3 Å². The van der Waals surface area contributed by atoms with Gasteiger partial charge in [-0.05, 0) is 35.8 Å². The minimum Gasteiger partial charge on any atom is -0.378 e. The van der Waals surface area contributed by atoms with Gasteiger partial charge in [0.15, 0.2) is 5.82 Å². The first kappa shape index (κ1) is 18.4. The highest BCUT2D eigenvalue weighted by atomic mass is 35.5. The summed E-state index contributed by atoms with van der Waals surface area (Å²) >= 11 is 7.90. The Kier molecular flexibility index (Phi) is 6.01. The molecule has 0 bridgehead atoms. The molecular weight excluding hydrogens is 382 g/mol. The van der Waals surface area contributed by atoms with E-state index in [1.54, 1.807) is 18.1 Å². The predicted molar refractivity (Wildman–Crippen MR) is 109 cm³/mol. The molecule has 0 amide bonds. The second-order valence-electron chi connectivity index (χ2n) is 6.23. The van der Waals surface area contributed by atoms with Crippen molar-refractivity contribution in [3.63, 3.8) is 0 Å². The molecule has 0 saturated carbocycles. The Morgan fingerprint density at radius 3 is 2.67 bits per heavy atom. The molecule has 0 radical (unpaired) electrons. The average Bonchev–Trinajstić information content (AvgIpc) is 2.72. The molecule has 1 fully saturated rings. The molecule has 0 aliphatic carbocycles. The maximum Gasteiger partial charge on any atom is 0.225 e. The average molecular weight is 402 g/mol. The third-order valence-corrected chi connectivity index (χ3v) is 5.64. The Morgan fingerprint density at radius 2 is 1.85 bits per heavy atom. The van der Waals surface area contributed by atoms with E-state index < -0.39 is 0 Å². The maximum absolute atomic E-state index is 6.21. The molecule has 0 atom stereocenters. The van der Waals surface area contributed by atoms with Crippen molar-refractivity contribution in [2.24, 2.45) is 0 Å². The fraction of sp³-hybridized carbons (Fsp3) is 0.368. The lowest BCUT2D eigenvalue weighted by atomic mass is 10.1. The summed E-state index contributed by atoms with van der Waals surface area (Å²) in [5.41, 5.74) is 2.83. The molecule has 2 aromatic heterocycles. The van der Waals surface area contributed by atoms with Gasteiger partial charge in [-0.15, -0.1) is 11.8 Å². The van der Waals surface area contributed by atoms with Gasteiger partial charge in [0.1, 0.15) is 22.4 Å². The molecule has 1 aliphatic heterocycles. The van der Waals surface area contributed by atoms with Crippen LogP contribution in [-0.2, 0) is 11.2 Å². The van der Waals surface area contributed by atoms with Crippen molar-refractivity contribution in [3.05, 3.63) is 47.5 Å². The van der Waals surface area contributed by atoms with Gasteiger partial charge in [0.25, 0.3) is 0 Å². The zero-order valence-electron chi connectivity index (χ0n) is 14.8. The van der Waals surface area contributed by atoms with E-state index in [0.717, 1.165) is 53.6 Å². The van der Waals surface area contributed by atoms with Crippen LogP contribution >= 0.6 is 23.4 Å². The van der Waals surface area contributed by atoms with Crippen LogP contribution in [0.3, 0.4) is 0 Å². The molecule has 1 aliphatic rings. The monoisotopic (exact) mass is 401 g/mol. The van der Waals surface area contributed by atoms with Crippen LogP contribution in [0.1, 0.15) is 12.0 Å². The zero-order valence-corrected chi connectivity index (χ0v) is 16.4. The molecule has 8 heteroatoms. The Bertz CT molecular complexity index is 905. The van der Waals surface area contributed by atoms with E-state index in [0.29, 0.717) is 13.2 Å². The van der Waals surface area contributed by atoms with Crippen LogP contribution in [0.2, 0.25) is 5.28 Å². The van der Waals surface area contributed by atoms with Crippen molar-refractivity contribution >= 4 is 40.2 Å². The largest absolute Gasteiger partial charge is 0.378 e. The van der Waals surface area contributed by atoms with Crippen molar-refractivity contribution in [1.82, 2.24) is 19.9 Å². The summed E-state index contributed by atoms with van der Waals surface area (Å²) in [5.74, 6) is 1.72. The number of benzene rings is 1. The molecule has 27 heavy (non-hydrogen) atoms. The number of rotatable bonds is 6. The van der Waals surface area contributed by atoms with E-state index in [2.05, 4.69) is 49.1 Å². The third kappa shape index (κ3) is 4.48. The summed E-state index contributed by atoms with van der Waals surface area (Å²) in [5, 5.41) is 1.08. The Morgan fingerprint density at radius 1 is 1.04 bits per heavy atom. The van der Waals surface area contributed by atoms with Gasteiger partial charge < -0.3 is 9.64 Å². The minimum absolute atomic E-state index is 0.227. The van der Waals surface area contributed by atoms with Gasteiger partial charge in [-0.25, -0.2) is 15.0 Å². The number of hydrogen-bond acceptors (Lipinski definition) is 7. The lowest BCUT2D eigenvalue weighted by Gasteiger charge is -2.28. The molecule has 0 N–H and O–H groups in total. The number of aromatic nitrogens is 4. The van der Waals surface area contributed by atoms with Gasteiger partial charge >= 0.3 is 0 Å². The number of nitrogens with zero attached hydrogens (tertiary/aromatic N) is 5. The summed E-state index contributed by atoms with van der Waals surface area (Å²) in [6.07, 6.45) is 3.70. The molecule has 3 aromatic rings. The van der Waals surface area contributed by atoms with Crippen LogP contribution in [0.15, 0.2) is 41.7 Å². The number of aryl methyl sites for hydroxylation is 1. The number of ether oxygens (including phenoxy) is 1. The van der Waals surface area contributed by atoms with E-state index in [4.69, 9.17) is 16.3 Å². The van der Waals surface area contributed by atoms with E-state index in [1.807, 2.05) is 6.07 Å². The number of fused-ring (bicyclic) bond motifs is 1. The van der Waals surface area contributed by atoms with E-state index >= 15 is 0 Å². The van der Waals surface area contributed by atoms with Crippen LogP contribution in [0.5, 0.6) is 0 Å². The van der Waals surface area contributed by atoms with Gasteiger partial charge in [-0.2, -0.15) is 4.98 Å². The highest BCUT2D eigenvalue weighted by molar-refractivity contribution is 7.99. The maximum atomic E-state index is 6.21. The molecule has 1 saturated heterocycles. The second-order valence-corrected chi connectivity index (χ2v) is 7.65. The molecular formula is C19H20ClN5OS. The third-order valence-electron chi connectivity index (χ3n) is 4.40. The van der Waals surface area contributed by atoms with Gasteiger partial charge in [0.05, 0.1) is 13.2 Å². The van der Waals surface area contributed by atoms with E-state index in [-0.39, 0.29) is 5.28 Å². The normalized spacial score (nSPS) is 14.6. The first-order valence-electron chi connectivity index (χ1n) is 8.99. The number of halogens is 1. The summed E-state index contributed by atoms with van der Waals surface area (Å²) < 4.78 is 5.43. The highest BCUT2D eigenvalue weighted by Gasteiger charge is 2.20. The fourth-order valence-corrected chi connectivity index (χ4v) is 4.12. The Labute approximate surface area is 167 Å².